The number of rotatable bonds is 3. The highest BCUT2D eigenvalue weighted by Gasteiger charge is 2.78. The van der Waals surface area contributed by atoms with Gasteiger partial charge in [0.1, 0.15) is 11.3 Å². The number of furan rings is 1. The van der Waals surface area contributed by atoms with Crippen LogP contribution in [0, 0.1) is 11.3 Å². The van der Waals surface area contributed by atoms with Crippen molar-refractivity contribution in [2.45, 2.75) is 24.4 Å². The number of fused-ring (bicyclic) bond motifs is 1. The molecule has 0 spiro atoms. The zero-order valence-electron chi connectivity index (χ0n) is 16.6. The number of halogens is 6. The third kappa shape index (κ3) is 3.45. The molecule has 3 aromatic rings. The van der Waals surface area contributed by atoms with E-state index >= 15 is 0 Å². The van der Waals surface area contributed by atoms with E-state index in [0.717, 1.165) is 12.1 Å². The summed E-state index contributed by atoms with van der Waals surface area (Å²) in [5, 5.41) is 11.3. The number of nitriles is 1. The number of aromatic nitrogens is 2. The number of alkyl halides is 6. The van der Waals surface area contributed by atoms with E-state index in [2.05, 4.69) is 5.32 Å². The standard InChI is InChI=1S/C20H11F6N5O3/c21-19(22,23)18(20(24,25)26)13-15(28-14(30-18)11-5-3-10(8-27)4-6-11)31(17(33)29-16(13)32)9-12-2-1-7-34-12/h1-7H,9H2,(H,28,30)(H,29,32,33)/p+1. The van der Waals surface area contributed by atoms with Gasteiger partial charge in [0, 0.05) is 0 Å². The van der Waals surface area contributed by atoms with Crippen LogP contribution in [0.1, 0.15) is 22.5 Å². The van der Waals surface area contributed by atoms with E-state index in [9.17, 15) is 35.9 Å². The van der Waals surface area contributed by atoms with Crippen molar-refractivity contribution < 1.29 is 35.8 Å². The Bertz CT molecular complexity index is 1410. The minimum Gasteiger partial charge on any atom is -0.467 e. The molecule has 8 nitrogen and oxygen atoms in total. The summed E-state index contributed by atoms with van der Waals surface area (Å²) in [5.74, 6) is -1.77. The van der Waals surface area contributed by atoms with Crippen LogP contribution in [-0.4, -0.2) is 27.7 Å². The number of nitrogens with one attached hydrogen (secondary N) is 3. The maximum atomic E-state index is 14.2. The molecule has 176 valence electrons. The summed E-state index contributed by atoms with van der Waals surface area (Å²) in [7, 11) is 0. The normalized spacial score (nSPS) is 15.1. The zero-order valence-corrected chi connectivity index (χ0v) is 16.6. The van der Waals surface area contributed by atoms with Gasteiger partial charge in [-0.05, 0) is 36.4 Å². The van der Waals surface area contributed by atoms with Crippen LogP contribution >= 0.6 is 0 Å². The predicted octanol–water partition coefficient (Wildman–Crippen LogP) is 1.32. The first-order valence-electron chi connectivity index (χ1n) is 9.35. The van der Waals surface area contributed by atoms with Gasteiger partial charge in [-0.15, -0.1) is 0 Å². The molecule has 0 aliphatic carbocycles. The monoisotopic (exact) mass is 484 g/mol. The summed E-state index contributed by atoms with van der Waals surface area (Å²) in [6, 6.07) is 9.10. The molecule has 34 heavy (non-hydrogen) atoms. The van der Waals surface area contributed by atoms with E-state index in [1.807, 2.05) is 0 Å². The molecular weight excluding hydrogens is 472 g/mol. The summed E-state index contributed by atoms with van der Waals surface area (Å²) >= 11 is 0. The van der Waals surface area contributed by atoms with Gasteiger partial charge in [0.05, 0.1) is 30.0 Å². The Kier molecular flexibility index (Phi) is 5.15. The van der Waals surface area contributed by atoms with Crippen molar-refractivity contribution in [1.29, 1.82) is 5.26 Å². The van der Waals surface area contributed by atoms with Gasteiger partial charge in [0.2, 0.25) is 5.82 Å². The quantitative estimate of drug-likeness (QED) is 0.485. The van der Waals surface area contributed by atoms with Gasteiger partial charge < -0.3 is 4.42 Å². The van der Waals surface area contributed by atoms with Crippen molar-refractivity contribution in [2.75, 3.05) is 5.32 Å². The fourth-order valence-corrected chi connectivity index (χ4v) is 3.60. The van der Waals surface area contributed by atoms with Gasteiger partial charge in [-0.2, -0.15) is 31.6 Å². The van der Waals surface area contributed by atoms with Crippen LogP contribution in [0.5, 0.6) is 0 Å². The largest absolute Gasteiger partial charge is 0.467 e. The maximum Gasteiger partial charge on any atom is 0.446 e. The molecule has 1 aliphatic rings. The minimum absolute atomic E-state index is 0.0289. The van der Waals surface area contributed by atoms with Crippen LogP contribution in [0.2, 0.25) is 0 Å². The van der Waals surface area contributed by atoms with Crippen LogP contribution in [0.15, 0.2) is 56.7 Å². The molecule has 14 heteroatoms. The second-order valence-electron chi connectivity index (χ2n) is 7.21. The lowest BCUT2D eigenvalue weighted by atomic mass is 9.87. The Labute approximate surface area is 184 Å². The topological polar surface area (TPSA) is 118 Å². The fourth-order valence-electron chi connectivity index (χ4n) is 3.60. The number of nitrogens with zero attached hydrogens (tertiary/aromatic N) is 2. The number of hydrogen-bond donors (Lipinski definition) is 3. The number of aromatic amines is 1. The highest BCUT2D eigenvalue weighted by atomic mass is 19.4. The van der Waals surface area contributed by atoms with Gasteiger partial charge in [-0.1, -0.05) is 0 Å². The number of H-pyrrole nitrogens is 1. The lowest BCUT2D eigenvalue weighted by molar-refractivity contribution is -0.658. The Morgan fingerprint density at radius 1 is 1.06 bits per heavy atom. The van der Waals surface area contributed by atoms with Crippen LogP contribution in [0.25, 0.3) is 0 Å². The highest BCUT2D eigenvalue weighted by molar-refractivity contribution is 6.05. The molecule has 0 amide bonds. The van der Waals surface area contributed by atoms with Gasteiger partial charge >= 0.3 is 23.6 Å². The lowest BCUT2D eigenvalue weighted by Gasteiger charge is -2.35. The van der Waals surface area contributed by atoms with Crippen LogP contribution in [0.3, 0.4) is 0 Å². The zero-order chi connectivity index (χ0) is 24.9. The second kappa shape index (κ2) is 7.65. The first-order chi connectivity index (χ1) is 15.9. The Morgan fingerprint density at radius 2 is 1.71 bits per heavy atom. The average Bonchev–Trinajstić information content (AvgIpc) is 3.27. The lowest BCUT2D eigenvalue weighted by Crippen LogP contribution is -2.97. The molecule has 0 bridgehead atoms. The molecule has 2 aromatic heterocycles. The van der Waals surface area contributed by atoms with Crippen LogP contribution in [-0.2, 0) is 12.1 Å². The molecule has 1 aliphatic heterocycles. The second-order valence-corrected chi connectivity index (χ2v) is 7.21. The Hall–Kier alpha value is -4.28. The minimum atomic E-state index is -6.07. The molecule has 0 saturated heterocycles. The number of amidine groups is 1. The molecular formula is C20H12F6N5O3+. The molecule has 3 N–H and O–H groups in total. The summed E-state index contributed by atoms with van der Waals surface area (Å²) in [6.45, 7) is -0.579. The smallest absolute Gasteiger partial charge is 0.446 e. The van der Waals surface area contributed by atoms with Crippen molar-refractivity contribution in [1.82, 2.24) is 9.55 Å². The molecule has 1 aromatic carbocycles. The third-order valence-electron chi connectivity index (χ3n) is 5.18. The molecule has 4 rings (SSSR count). The third-order valence-corrected chi connectivity index (χ3v) is 5.18. The van der Waals surface area contributed by atoms with Crippen LogP contribution < -0.4 is 21.6 Å². The van der Waals surface area contributed by atoms with Gasteiger partial charge in [-0.25, -0.2) is 15.1 Å². The molecule has 0 radical (unpaired) electrons. The van der Waals surface area contributed by atoms with Gasteiger partial charge in [0.15, 0.2) is 0 Å². The van der Waals surface area contributed by atoms with Gasteiger partial charge in [0.25, 0.3) is 11.4 Å². The van der Waals surface area contributed by atoms with E-state index in [4.69, 9.17) is 9.68 Å². The molecule has 0 fully saturated rings. The predicted molar refractivity (Wildman–Crippen MR) is 103 cm³/mol. The van der Waals surface area contributed by atoms with Crippen LogP contribution in [0.4, 0.5) is 32.2 Å². The van der Waals surface area contributed by atoms with Crippen molar-refractivity contribution in [3.8, 4) is 6.07 Å². The van der Waals surface area contributed by atoms with E-state index in [-0.39, 0.29) is 16.9 Å². The Morgan fingerprint density at radius 3 is 2.24 bits per heavy atom. The van der Waals surface area contributed by atoms with Crippen molar-refractivity contribution in [3.05, 3.63) is 86.0 Å². The summed E-state index contributed by atoms with van der Waals surface area (Å²) in [5.41, 5.74) is -9.87. The summed E-state index contributed by atoms with van der Waals surface area (Å²) in [6.07, 6.45) is -10.9. The molecule has 3 heterocycles. The number of benzene rings is 1. The van der Waals surface area contributed by atoms with Gasteiger partial charge in [-0.3, -0.25) is 14.3 Å². The van der Waals surface area contributed by atoms with Crippen molar-refractivity contribution in [3.63, 3.8) is 0 Å². The highest BCUT2D eigenvalue weighted by Crippen LogP contribution is 2.48. The first kappa shape index (κ1) is 22.9. The molecule has 0 atom stereocenters. The number of hydrogen-bond acceptors (Lipinski definition) is 5. The summed E-state index contributed by atoms with van der Waals surface area (Å²) in [4.78, 5) is 27.9. The molecule has 0 unspecified atom stereocenters. The van der Waals surface area contributed by atoms with E-state index < -0.39 is 52.9 Å². The first-order valence-corrected chi connectivity index (χ1v) is 9.35. The maximum absolute atomic E-state index is 14.2. The SMILES string of the molecule is N#Cc1ccc(C2=[NH+]C(C(F)(F)F)(C(F)(F)F)c3c(n(Cc4ccco4)c(=O)[nH]c3=O)N2)cc1. The van der Waals surface area contributed by atoms with Crippen molar-refractivity contribution >= 4 is 11.7 Å². The fraction of sp³-hybridized carbons (Fsp3) is 0.200. The molecule has 0 saturated carbocycles. The summed E-state index contributed by atoms with van der Waals surface area (Å²) < 4.78 is 91.0. The Balaban J connectivity index is 2.08. The number of anilines is 1. The van der Waals surface area contributed by atoms with E-state index in [0.29, 0.717) is 4.57 Å². The van der Waals surface area contributed by atoms with E-state index in [1.54, 1.807) is 6.07 Å². The average molecular weight is 484 g/mol. The van der Waals surface area contributed by atoms with Crippen molar-refractivity contribution in [2.24, 2.45) is 0 Å². The van der Waals surface area contributed by atoms with E-state index in [1.165, 1.54) is 40.5 Å².